The van der Waals surface area contributed by atoms with Gasteiger partial charge in [0.1, 0.15) is 5.60 Å². The van der Waals surface area contributed by atoms with Crippen LogP contribution < -0.4 is 5.32 Å². The first-order valence-electron chi connectivity index (χ1n) is 8.61. The molecular formula is C17H30N2O3. The van der Waals surface area contributed by atoms with Gasteiger partial charge in [-0.3, -0.25) is 4.79 Å². The Balaban J connectivity index is 1.69. The predicted molar refractivity (Wildman–Crippen MR) is 85.5 cm³/mol. The van der Waals surface area contributed by atoms with Crippen LogP contribution in [0.3, 0.4) is 0 Å². The van der Waals surface area contributed by atoms with Crippen molar-refractivity contribution in [2.75, 3.05) is 19.6 Å². The van der Waals surface area contributed by atoms with Gasteiger partial charge in [0.25, 0.3) is 0 Å². The van der Waals surface area contributed by atoms with Crippen LogP contribution in [0.25, 0.3) is 0 Å². The number of amides is 2. The summed E-state index contributed by atoms with van der Waals surface area (Å²) in [4.78, 5) is 25.9. The van der Waals surface area contributed by atoms with Crippen molar-refractivity contribution in [3.63, 3.8) is 0 Å². The average molecular weight is 310 g/mol. The lowest BCUT2D eigenvalue weighted by Crippen LogP contribution is -2.45. The maximum Gasteiger partial charge on any atom is 0.410 e. The van der Waals surface area contributed by atoms with Gasteiger partial charge in [-0.1, -0.05) is 12.8 Å². The van der Waals surface area contributed by atoms with Gasteiger partial charge in [-0.05, 0) is 52.4 Å². The number of carbonyl (C=O) groups is 2. The number of hydrogen-bond donors (Lipinski definition) is 1. The summed E-state index contributed by atoms with van der Waals surface area (Å²) in [7, 11) is 0. The molecule has 1 aliphatic carbocycles. The van der Waals surface area contributed by atoms with Gasteiger partial charge in [0, 0.05) is 25.6 Å². The van der Waals surface area contributed by atoms with Crippen LogP contribution in [-0.4, -0.2) is 42.1 Å². The Bertz CT molecular complexity index is 389. The Morgan fingerprint density at radius 2 is 1.68 bits per heavy atom. The van der Waals surface area contributed by atoms with Crippen LogP contribution >= 0.6 is 0 Å². The minimum atomic E-state index is -0.466. The maximum atomic E-state index is 12.2. The van der Waals surface area contributed by atoms with Gasteiger partial charge < -0.3 is 15.0 Å². The van der Waals surface area contributed by atoms with Crippen LogP contribution in [0.5, 0.6) is 0 Å². The van der Waals surface area contributed by atoms with Crippen molar-refractivity contribution in [1.29, 1.82) is 0 Å². The molecule has 0 unspecified atom stereocenters. The number of ether oxygens (including phenoxy) is 1. The van der Waals surface area contributed by atoms with Crippen LogP contribution in [0, 0.1) is 11.8 Å². The first-order valence-corrected chi connectivity index (χ1v) is 8.61. The molecule has 1 heterocycles. The lowest BCUT2D eigenvalue weighted by Gasteiger charge is -2.33. The van der Waals surface area contributed by atoms with Gasteiger partial charge in [0.15, 0.2) is 0 Å². The molecule has 0 aromatic carbocycles. The minimum absolute atomic E-state index is 0.0417. The van der Waals surface area contributed by atoms with Crippen molar-refractivity contribution >= 4 is 12.0 Å². The van der Waals surface area contributed by atoms with Gasteiger partial charge in [-0.2, -0.15) is 0 Å². The fraction of sp³-hybridized carbons (Fsp3) is 0.882. The van der Waals surface area contributed by atoms with E-state index in [1.54, 1.807) is 4.90 Å². The highest BCUT2D eigenvalue weighted by Gasteiger charge is 2.30. The molecule has 1 aliphatic heterocycles. The molecule has 1 saturated heterocycles. The molecule has 1 saturated carbocycles. The van der Waals surface area contributed by atoms with E-state index in [0.717, 1.165) is 19.4 Å². The summed E-state index contributed by atoms with van der Waals surface area (Å²) in [5, 5.41) is 3.10. The highest BCUT2D eigenvalue weighted by Crippen LogP contribution is 2.24. The van der Waals surface area contributed by atoms with Gasteiger partial charge in [0.05, 0.1) is 0 Å². The van der Waals surface area contributed by atoms with Gasteiger partial charge >= 0.3 is 6.09 Å². The van der Waals surface area contributed by atoms with Gasteiger partial charge in [-0.25, -0.2) is 4.79 Å². The SMILES string of the molecule is CC(C)(C)OC(=O)N1CCC(C(=O)NCC2CCCC2)CC1. The van der Waals surface area contributed by atoms with Crippen molar-refractivity contribution in [2.45, 2.75) is 64.9 Å². The second-order valence-electron chi connectivity index (χ2n) is 7.64. The van der Waals surface area contributed by atoms with Crippen LogP contribution in [-0.2, 0) is 9.53 Å². The van der Waals surface area contributed by atoms with Crippen LogP contribution in [0.15, 0.2) is 0 Å². The lowest BCUT2D eigenvalue weighted by atomic mass is 9.96. The fourth-order valence-corrected chi connectivity index (χ4v) is 3.25. The van der Waals surface area contributed by atoms with Crippen LogP contribution in [0.1, 0.15) is 59.3 Å². The molecule has 126 valence electrons. The summed E-state index contributed by atoms with van der Waals surface area (Å²) in [6, 6.07) is 0. The molecule has 0 aromatic rings. The third-order valence-electron chi connectivity index (χ3n) is 4.56. The average Bonchev–Trinajstić information content (AvgIpc) is 2.96. The van der Waals surface area contributed by atoms with Crippen molar-refractivity contribution < 1.29 is 14.3 Å². The Morgan fingerprint density at radius 3 is 2.23 bits per heavy atom. The van der Waals surface area contributed by atoms with E-state index in [9.17, 15) is 9.59 Å². The molecule has 0 spiro atoms. The number of nitrogens with one attached hydrogen (secondary N) is 1. The van der Waals surface area contributed by atoms with Crippen molar-refractivity contribution in [3.05, 3.63) is 0 Å². The Labute approximate surface area is 133 Å². The smallest absolute Gasteiger partial charge is 0.410 e. The zero-order chi connectivity index (χ0) is 16.2. The Hall–Kier alpha value is -1.26. The third-order valence-corrected chi connectivity index (χ3v) is 4.56. The zero-order valence-corrected chi connectivity index (χ0v) is 14.2. The zero-order valence-electron chi connectivity index (χ0n) is 14.2. The molecule has 2 amide bonds. The lowest BCUT2D eigenvalue weighted by molar-refractivity contribution is -0.126. The summed E-state index contributed by atoms with van der Waals surface area (Å²) in [6.45, 7) is 7.65. The summed E-state index contributed by atoms with van der Waals surface area (Å²) in [5.74, 6) is 0.877. The number of likely N-dealkylation sites (tertiary alicyclic amines) is 1. The second-order valence-corrected chi connectivity index (χ2v) is 7.64. The monoisotopic (exact) mass is 310 g/mol. The van der Waals surface area contributed by atoms with E-state index in [-0.39, 0.29) is 17.9 Å². The molecule has 0 atom stereocenters. The predicted octanol–water partition coefficient (Wildman–Crippen LogP) is 2.94. The van der Waals surface area contributed by atoms with Crippen LogP contribution in [0.4, 0.5) is 4.79 Å². The molecule has 5 heteroatoms. The summed E-state index contributed by atoms with van der Waals surface area (Å²) >= 11 is 0. The highest BCUT2D eigenvalue weighted by molar-refractivity contribution is 5.79. The second kappa shape index (κ2) is 7.34. The molecule has 2 rings (SSSR count). The number of piperidine rings is 1. The van der Waals surface area contributed by atoms with Gasteiger partial charge in [0.2, 0.25) is 5.91 Å². The number of rotatable bonds is 3. The van der Waals surface area contributed by atoms with Crippen LogP contribution in [0.2, 0.25) is 0 Å². The largest absolute Gasteiger partial charge is 0.444 e. The number of carbonyl (C=O) groups excluding carboxylic acids is 2. The fourth-order valence-electron chi connectivity index (χ4n) is 3.25. The Morgan fingerprint density at radius 1 is 1.09 bits per heavy atom. The van der Waals surface area contributed by atoms with Crippen molar-refractivity contribution in [3.8, 4) is 0 Å². The van der Waals surface area contributed by atoms with E-state index in [4.69, 9.17) is 4.74 Å². The topological polar surface area (TPSA) is 58.6 Å². The number of hydrogen-bond acceptors (Lipinski definition) is 3. The molecule has 5 nitrogen and oxygen atoms in total. The molecular weight excluding hydrogens is 280 g/mol. The maximum absolute atomic E-state index is 12.2. The summed E-state index contributed by atoms with van der Waals surface area (Å²) in [6.07, 6.45) is 6.29. The normalized spacial score (nSPS) is 21.0. The Kier molecular flexibility index (Phi) is 5.70. The third kappa shape index (κ3) is 5.18. The van der Waals surface area contributed by atoms with E-state index in [2.05, 4.69) is 5.32 Å². The van der Waals surface area contributed by atoms with E-state index in [1.807, 2.05) is 20.8 Å². The molecule has 0 radical (unpaired) electrons. The van der Waals surface area contributed by atoms with E-state index < -0.39 is 5.60 Å². The molecule has 22 heavy (non-hydrogen) atoms. The number of nitrogens with zero attached hydrogens (tertiary/aromatic N) is 1. The van der Waals surface area contributed by atoms with E-state index in [1.165, 1.54) is 25.7 Å². The quantitative estimate of drug-likeness (QED) is 0.872. The molecule has 2 aliphatic rings. The minimum Gasteiger partial charge on any atom is -0.444 e. The first kappa shape index (κ1) is 17.1. The van der Waals surface area contributed by atoms with Crippen molar-refractivity contribution in [1.82, 2.24) is 10.2 Å². The van der Waals surface area contributed by atoms with Gasteiger partial charge in [-0.15, -0.1) is 0 Å². The first-order chi connectivity index (χ1) is 10.3. The standard InChI is InChI=1S/C17H30N2O3/c1-17(2,3)22-16(21)19-10-8-14(9-11-19)15(20)18-12-13-6-4-5-7-13/h13-14H,4-12H2,1-3H3,(H,18,20). The molecule has 0 aromatic heterocycles. The molecule has 1 N–H and O–H groups in total. The van der Waals surface area contributed by atoms with E-state index in [0.29, 0.717) is 19.0 Å². The van der Waals surface area contributed by atoms with E-state index >= 15 is 0 Å². The summed E-state index contributed by atoms with van der Waals surface area (Å²) < 4.78 is 5.37. The van der Waals surface area contributed by atoms with Crippen molar-refractivity contribution in [2.24, 2.45) is 11.8 Å². The highest BCUT2D eigenvalue weighted by atomic mass is 16.6. The molecule has 2 fully saturated rings. The molecule has 0 bridgehead atoms. The summed E-state index contributed by atoms with van der Waals surface area (Å²) in [5.41, 5.74) is -0.466.